The highest BCUT2D eigenvalue weighted by atomic mass is 32.2. The molecule has 60 valence electrons. The van der Waals surface area contributed by atoms with Crippen molar-refractivity contribution in [1.29, 1.82) is 0 Å². The van der Waals surface area contributed by atoms with Gasteiger partial charge in [0.25, 0.3) is 0 Å². The van der Waals surface area contributed by atoms with Crippen LogP contribution >= 0.6 is 0 Å². The summed E-state index contributed by atoms with van der Waals surface area (Å²) < 4.78 is 29.1. The van der Waals surface area contributed by atoms with E-state index in [9.17, 15) is 8.42 Å². The first-order chi connectivity index (χ1) is 4.31. The zero-order valence-corrected chi connectivity index (χ0v) is 6.93. The summed E-state index contributed by atoms with van der Waals surface area (Å²) in [6.07, 6.45) is 1.44. The lowest BCUT2D eigenvalue weighted by Gasteiger charge is -2.22. The van der Waals surface area contributed by atoms with Gasteiger partial charge in [0.15, 0.2) is 0 Å². The largest absolute Gasteiger partial charge is 0.432 e. The molecule has 0 aromatic rings. The highest BCUT2D eigenvalue weighted by Crippen LogP contribution is 2.03. The van der Waals surface area contributed by atoms with Crippen LogP contribution in [0.3, 0.4) is 0 Å². The van der Waals surface area contributed by atoms with Crippen LogP contribution in [0.4, 0.5) is 0 Å². The van der Waals surface area contributed by atoms with Crippen molar-refractivity contribution < 1.29 is 16.9 Å². The molecule has 1 N–H and O–H groups in total. The van der Waals surface area contributed by atoms with Gasteiger partial charge in [-0.25, -0.2) is 4.55 Å². The van der Waals surface area contributed by atoms with Crippen molar-refractivity contribution >= 4 is 10.3 Å². The number of hydrogen-bond donors (Lipinski definition) is 1. The Morgan fingerprint density at radius 3 is 2.10 bits per heavy atom. The second-order valence-electron chi connectivity index (χ2n) is 2.49. The Morgan fingerprint density at radius 1 is 1.60 bits per heavy atom. The van der Waals surface area contributed by atoms with Crippen LogP contribution in [0, 0.1) is 0 Å². The zero-order chi connectivity index (χ0) is 8.41. The third-order valence-electron chi connectivity index (χ3n) is 1.19. The Kier molecular flexibility index (Phi) is 2.59. The molecule has 0 rings (SSSR count). The van der Waals surface area contributed by atoms with Gasteiger partial charge in [0.05, 0.1) is 14.1 Å². The lowest BCUT2D eigenvalue weighted by Crippen LogP contribution is -2.44. The summed E-state index contributed by atoms with van der Waals surface area (Å²) in [5, 5.41) is 0. The zero-order valence-electron chi connectivity index (χ0n) is 6.11. The first-order valence-corrected chi connectivity index (χ1v) is 4.12. The summed E-state index contributed by atoms with van der Waals surface area (Å²) in [6, 6.07) is 0. The molecule has 0 atom stereocenters. The molecule has 0 radical (unpaired) electrons. The predicted molar refractivity (Wildman–Crippen MR) is 38.7 cm³/mol. The minimum Gasteiger partial charge on any atom is -0.241 e. The molecule has 0 amide bonds. The molecule has 0 aromatic heterocycles. The third-order valence-corrected chi connectivity index (χ3v) is 2.59. The van der Waals surface area contributed by atoms with Crippen molar-refractivity contribution in [3.8, 4) is 0 Å². The van der Waals surface area contributed by atoms with Crippen LogP contribution < -0.4 is 0 Å². The van der Waals surface area contributed by atoms with E-state index in [2.05, 4.69) is 6.58 Å². The second-order valence-corrected chi connectivity index (χ2v) is 4.38. The highest BCUT2D eigenvalue weighted by molar-refractivity contribution is 7.80. The van der Waals surface area contributed by atoms with Crippen LogP contribution in [0.5, 0.6) is 0 Å². The molecular weight excluding hydrogens is 154 g/mol. The molecule has 0 aromatic carbocycles. The average molecular weight is 166 g/mol. The monoisotopic (exact) mass is 166 g/mol. The Bertz CT molecular complexity index is 217. The molecular formula is C5H12NO3S+. The number of quaternary nitrogens is 1. The van der Waals surface area contributed by atoms with Crippen LogP contribution in [-0.4, -0.2) is 37.5 Å². The molecule has 0 aliphatic rings. The fraction of sp³-hybridized carbons (Fsp3) is 0.600. The molecule has 5 heteroatoms. The topological polar surface area (TPSA) is 54.4 Å². The molecule has 0 aliphatic heterocycles. The van der Waals surface area contributed by atoms with Crippen LogP contribution in [0.1, 0.15) is 0 Å². The van der Waals surface area contributed by atoms with E-state index in [-0.39, 0.29) is 6.54 Å². The first-order valence-electron chi connectivity index (χ1n) is 2.73. The minimum atomic E-state index is -4.00. The molecule has 0 aliphatic carbocycles. The lowest BCUT2D eigenvalue weighted by molar-refractivity contribution is -0.760. The van der Waals surface area contributed by atoms with E-state index in [0.717, 1.165) is 0 Å². The van der Waals surface area contributed by atoms with Gasteiger partial charge in [0, 0.05) is 0 Å². The van der Waals surface area contributed by atoms with E-state index < -0.39 is 14.2 Å². The highest BCUT2D eigenvalue weighted by Gasteiger charge is 2.28. The SMILES string of the molecule is C=CC[N+](C)(C)S(=O)(=O)O. The number of hydrogen-bond acceptors (Lipinski definition) is 2. The standard InChI is InChI=1S/C5H11NO3S/c1-4-5-6(2,3)10(7,8)9/h4H,1,5H2,2-3H3/p+1. The van der Waals surface area contributed by atoms with E-state index in [4.69, 9.17) is 4.55 Å². The first kappa shape index (κ1) is 9.61. The fourth-order valence-corrected chi connectivity index (χ4v) is 0.699. The van der Waals surface area contributed by atoms with Gasteiger partial charge in [0.1, 0.15) is 6.54 Å². The van der Waals surface area contributed by atoms with Crippen LogP contribution in [-0.2, 0) is 10.3 Å². The van der Waals surface area contributed by atoms with Crippen LogP contribution in [0.25, 0.3) is 0 Å². The molecule has 0 bridgehead atoms. The maximum atomic E-state index is 10.5. The van der Waals surface area contributed by atoms with Crippen LogP contribution in [0.2, 0.25) is 0 Å². The Morgan fingerprint density at radius 2 is 2.00 bits per heavy atom. The maximum absolute atomic E-state index is 10.5. The van der Waals surface area contributed by atoms with Crippen LogP contribution in [0.15, 0.2) is 12.7 Å². The summed E-state index contributed by atoms with van der Waals surface area (Å²) in [5.41, 5.74) is 0. The molecule has 0 spiro atoms. The summed E-state index contributed by atoms with van der Waals surface area (Å²) in [4.78, 5) is 0. The van der Waals surface area contributed by atoms with Gasteiger partial charge in [-0.3, -0.25) is 0 Å². The summed E-state index contributed by atoms with van der Waals surface area (Å²) in [5.74, 6) is 0. The maximum Gasteiger partial charge on any atom is 0.432 e. The van der Waals surface area contributed by atoms with E-state index in [0.29, 0.717) is 0 Å². The number of likely N-dealkylation sites (N-methyl/N-ethyl adjacent to an activating group) is 1. The summed E-state index contributed by atoms with van der Waals surface area (Å²) in [6.45, 7) is 3.56. The van der Waals surface area contributed by atoms with E-state index >= 15 is 0 Å². The normalized spacial score (nSPS) is 13.1. The average Bonchev–Trinajstić information content (AvgIpc) is 1.61. The van der Waals surface area contributed by atoms with Gasteiger partial charge in [-0.1, -0.05) is 6.58 Å². The minimum absolute atomic E-state index is 0.193. The van der Waals surface area contributed by atoms with Crippen molar-refractivity contribution in [2.45, 2.75) is 0 Å². The van der Waals surface area contributed by atoms with Crippen molar-refractivity contribution in [2.24, 2.45) is 0 Å². The molecule has 0 heterocycles. The Hall–Kier alpha value is -0.390. The summed E-state index contributed by atoms with van der Waals surface area (Å²) in [7, 11) is -1.23. The lowest BCUT2D eigenvalue weighted by atomic mass is 10.6. The quantitative estimate of drug-likeness (QED) is 0.366. The smallest absolute Gasteiger partial charge is 0.241 e. The number of rotatable bonds is 3. The molecule has 0 unspecified atom stereocenters. The fourth-order valence-electron chi connectivity index (χ4n) is 0.405. The summed E-state index contributed by atoms with van der Waals surface area (Å²) >= 11 is 0. The van der Waals surface area contributed by atoms with E-state index in [1.165, 1.54) is 20.2 Å². The van der Waals surface area contributed by atoms with E-state index in [1.807, 2.05) is 0 Å². The van der Waals surface area contributed by atoms with Gasteiger partial charge in [-0.05, 0) is 6.08 Å². The second kappa shape index (κ2) is 2.69. The number of nitrogens with zero attached hydrogens (tertiary/aromatic N) is 1. The van der Waals surface area contributed by atoms with Crippen molar-refractivity contribution in [3.63, 3.8) is 0 Å². The molecule has 0 fully saturated rings. The van der Waals surface area contributed by atoms with Gasteiger partial charge in [-0.2, -0.15) is 3.89 Å². The van der Waals surface area contributed by atoms with Crippen molar-refractivity contribution in [2.75, 3.05) is 20.6 Å². The Balaban J connectivity index is 4.57. The van der Waals surface area contributed by atoms with Gasteiger partial charge in [0.2, 0.25) is 0 Å². The third kappa shape index (κ3) is 2.09. The molecule has 10 heavy (non-hydrogen) atoms. The predicted octanol–water partition coefficient (Wildman–Crippen LogP) is 0.0516. The van der Waals surface area contributed by atoms with Gasteiger partial charge in [-0.15, -0.1) is 8.42 Å². The Labute approximate surface area is 61.2 Å². The molecule has 4 nitrogen and oxygen atoms in total. The van der Waals surface area contributed by atoms with E-state index in [1.54, 1.807) is 0 Å². The van der Waals surface area contributed by atoms with Crippen molar-refractivity contribution in [3.05, 3.63) is 12.7 Å². The molecule has 0 saturated heterocycles. The van der Waals surface area contributed by atoms with Gasteiger partial charge < -0.3 is 0 Å². The molecule has 0 saturated carbocycles. The van der Waals surface area contributed by atoms with Gasteiger partial charge >= 0.3 is 10.3 Å². The van der Waals surface area contributed by atoms with Crippen molar-refractivity contribution in [1.82, 2.24) is 0 Å².